The van der Waals surface area contributed by atoms with Crippen LogP contribution in [0, 0.1) is 0 Å². The van der Waals surface area contributed by atoms with E-state index >= 15 is 0 Å². The number of phosphoric ester groups is 2. The van der Waals surface area contributed by atoms with Gasteiger partial charge in [0.15, 0.2) is 12.2 Å². The van der Waals surface area contributed by atoms with Gasteiger partial charge in [-0.25, -0.2) is 9.13 Å². The summed E-state index contributed by atoms with van der Waals surface area (Å²) in [4.78, 5) is 73.0. The molecule has 0 amide bonds. The van der Waals surface area contributed by atoms with Gasteiger partial charge in [-0.05, 0) is 103 Å². The van der Waals surface area contributed by atoms with E-state index in [9.17, 15) is 43.2 Å². The van der Waals surface area contributed by atoms with Gasteiger partial charge in [0.2, 0.25) is 0 Å². The Morgan fingerprint density at radius 2 is 0.519 bits per heavy atom. The van der Waals surface area contributed by atoms with Crippen LogP contribution in [0.1, 0.15) is 349 Å². The Kier molecular flexibility index (Phi) is 73.7. The average Bonchev–Trinajstić information content (AvgIpc) is 0.931. The lowest BCUT2D eigenvalue weighted by Gasteiger charge is -2.21. The van der Waals surface area contributed by atoms with Crippen LogP contribution in [0.15, 0.2) is 109 Å². The Morgan fingerprint density at radius 1 is 0.279 bits per heavy atom. The Hall–Kier alpha value is -4.28. The van der Waals surface area contributed by atoms with E-state index in [2.05, 4.69) is 119 Å². The van der Waals surface area contributed by atoms with E-state index in [4.69, 9.17) is 37.0 Å². The zero-order valence-electron chi connectivity index (χ0n) is 65.7. The lowest BCUT2D eigenvalue weighted by Crippen LogP contribution is -2.30. The van der Waals surface area contributed by atoms with Crippen molar-refractivity contribution in [3.63, 3.8) is 0 Å². The number of unbranched alkanes of at least 4 members (excludes halogenated alkanes) is 33. The molecule has 17 nitrogen and oxygen atoms in total. The van der Waals surface area contributed by atoms with Gasteiger partial charge in [0.05, 0.1) is 26.4 Å². The fraction of sp³-hybridized carbons (Fsp3) is 0.741. The van der Waals surface area contributed by atoms with Gasteiger partial charge in [0, 0.05) is 25.7 Å². The molecular weight excluding hydrogens is 1350 g/mol. The summed E-state index contributed by atoms with van der Waals surface area (Å²) in [6, 6.07) is 0. The smallest absolute Gasteiger partial charge is 0.462 e. The molecule has 0 rings (SSSR count). The molecule has 0 aliphatic rings. The quantitative estimate of drug-likeness (QED) is 0.0169. The Bertz CT molecular complexity index is 2390. The van der Waals surface area contributed by atoms with E-state index in [0.29, 0.717) is 32.1 Å². The first-order valence-electron chi connectivity index (χ1n) is 41.1. The highest BCUT2D eigenvalue weighted by Gasteiger charge is 2.30. The first kappa shape index (κ1) is 99.7. The summed E-state index contributed by atoms with van der Waals surface area (Å²) in [6.07, 6.45) is 83.6. The maximum atomic E-state index is 13.1. The molecule has 0 saturated carbocycles. The van der Waals surface area contributed by atoms with Crippen LogP contribution < -0.4 is 0 Å². The van der Waals surface area contributed by atoms with Crippen molar-refractivity contribution in [3.05, 3.63) is 109 Å². The van der Waals surface area contributed by atoms with Crippen LogP contribution in [-0.4, -0.2) is 96.7 Å². The van der Waals surface area contributed by atoms with E-state index in [1.54, 1.807) is 0 Å². The zero-order chi connectivity index (χ0) is 76.0. The molecule has 19 heteroatoms. The second-order valence-corrected chi connectivity index (χ2v) is 30.3. The summed E-state index contributed by atoms with van der Waals surface area (Å²) >= 11 is 0. The third-order valence-electron chi connectivity index (χ3n) is 17.3. The summed E-state index contributed by atoms with van der Waals surface area (Å²) in [5.41, 5.74) is 0. The van der Waals surface area contributed by atoms with Gasteiger partial charge in [0.25, 0.3) is 0 Å². The average molecular weight is 1500 g/mol. The fourth-order valence-corrected chi connectivity index (χ4v) is 12.6. The maximum absolute atomic E-state index is 13.1. The molecule has 0 bridgehead atoms. The van der Waals surface area contributed by atoms with Crippen molar-refractivity contribution >= 4 is 39.5 Å². The minimum atomic E-state index is -4.99. The Labute approximate surface area is 632 Å². The number of carbonyl (C=O) groups excluding carboxylic acids is 4. The van der Waals surface area contributed by atoms with E-state index in [0.717, 1.165) is 141 Å². The number of phosphoric acid groups is 2. The Balaban J connectivity index is 5.37. The molecule has 5 unspecified atom stereocenters. The number of carbonyl (C=O) groups is 4. The number of hydrogen-bond donors (Lipinski definition) is 3. The SMILES string of the molecule is CC/C=C\C/C=C\C/C=C\C/C=C\C/C=C\C/C=C\CCC(=O)OCC(COP(=O)(O)OCC(O)COP(=O)(O)OCC(COC(=O)CCCCCCCC/C=C\C/C=C\C/C=C\CCCCC)OC(=O)CCCCCCCCCCCCCCCCC)OC(=O)CCCCCCCCCCCCC. The van der Waals surface area contributed by atoms with E-state index in [-0.39, 0.29) is 25.7 Å². The summed E-state index contributed by atoms with van der Waals surface area (Å²) in [6.45, 7) is 4.68. The highest BCUT2D eigenvalue weighted by Crippen LogP contribution is 2.45. The highest BCUT2D eigenvalue weighted by molar-refractivity contribution is 7.47. The Morgan fingerprint density at radius 3 is 0.846 bits per heavy atom. The number of rotatable bonds is 77. The topological polar surface area (TPSA) is 237 Å². The largest absolute Gasteiger partial charge is 0.472 e. The summed E-state index contributed by atoms with van der Waals surface area (Å²) < 4.78 is 68.6. The van der Waals surface area contributed by atoms with Gasteiger partial charge in [-0.1, -0.05) is 330 Å². The normalized spacial score (nSPS) is 14.4. The molecular formula is C85H148O17P2. The van der Waals surface area contributed by atoms with Crippen molar-refractivity contribution < 1.29 is 80.2 Å². The first-order valence-corrected chi connectivity index (χ1v) is 44.1. The predicted octanol–water partition coefficient (Wildman–Crippen LogP) is 24.1. The number of allylic oxidation sites excluding steroid dienone is 18. The minimum absolute atomic E-state index is 0.0374. The van der Waals surface area contributed by atoms with Crippen molar-refractivity contribution in [1.29, 1.82) is 0 Å². The van der Waals surface area contributed by atoms with Gasteiger partial charge >= 0.3 is 39.5 Å². The first-order chi connectivity index (χ1) is 50.7. The molecule has 0 aliphatic carbocycles. The van der Waals surface area contributed by atoms with Crippen LogP contribution in [0.3, 0.4) is 0 Å². The molecule has 0 aromatic rings. The van der Waals surface area contributed by atoms with Gasteiger partial charge in [-0.15, -0.1) is 0 Å². The molecule has 0 radical (unpaired) electrons. The lowest BCUT2D eigenvalue weighted by molar-refractivity contribution is -0.161. The second-order valence-electron chi connectivity index (χ2n) is 27.3. The summed E-state index contributed by atoms with van der Waals surface area (Å²) in [5, 5.41) is 10.6. The number of hydrogen-bond acceptors (Lipinski definition) is 15. The molecule has 0 fully saturated rings. The molecule has 0 aromatic heterocycles. The molecule has 0 spiro atoms. The summed E-state index contributed by atoms with van der Waals surface area (Å²) in [5.74, 6) is -2.27. The highest BCUT2D eigenvalue weighted by atomic mass is 31.2. The molecule has 3 N–H and O–H groups in total. The van der Waals surface area contributed by atoms with Crippen molar-refractivity contribution in [2.45, 2.75) is 367 Å². The fourth-order valence-electron chi connectivity index (χ4n) is 11.0. The van der Waals surface area contributed by atoms with Gasteiger partial charge in [0.1, 0.15) is 19.3 Å². The monoisotopic (exact) mass is 1500 g/mol. The van der Waals surface area contributed by atoms with Crippen LogP contribution in [0.25, 0.3) is 0 Å². The number of aliphatic hydroxyl groups excluding tert-OH is 1. The van der Waals surface area contributed by atoms with E-state index < -0.39 is 97.5 Å². The molecule has 0 heterocycles. The summed E-state index contributed by atoms with van der Waals surface area (Å²) in [7, 11) is -9.97. The van der Waals surface area contributed by atoms with Crippen molar-refractivity contribution in [3.8, 4) is 0 Å². The minimum Gasteiger partial charge on any atom is -0.462 e. The zero-order valence-corrected chi connectivity index (χ0v) is 67.5. The molecule has 0 aliphatic heterocycles. The lowest BCUT2D eigenvalue weighted by atomic mass is 10.0. The molecule has 0 saturated heterocycles. The van der Waals surface area contributed by atoms with Crippen LogP contribution in [0.4, 0.5) is 0 Å². The number of esters is 4. The van der Waals surface area contributed by atoms with E-state index in [1.165, 1.54) is 122 Å². The van der Waals surface area contributed by atoms with Crippen molar-refractivity contribution in [2.24, 2.45) is 0 Å². The third-order valence-corrected chi connectivity index (χ3v) is 19.2. The molecule has 600 valence electrons. The standard InChI is InChI=1S/C85H148O17P2/c1-5-9-13-17-21-25-29-32-35-37-39-41-44-46-50-53-57-61-65-69-82(87)95-75-80(101-84(89)71-67-63-59-55-49-28-24-20-16-12-8-4)77-99-103(91,92)97-73-79(86)74-98-104(93,94)100-78-81(102-85(90)72-68-64-60-56-52-48-43-34-31-27-23-19-15-11-7-3)76-96-83(88)70-66-62-58-54-51-47-45-42-40-38-36-33-30-26-22-18-14-10-6-2/h9,13,21-22,25-26,32-33,35-36,39-42,46,50,57,61,79-81,86H,5-8,10-12,14-20,23-24,27-31,34,37-38,43-45,47-49,51-56,58-60,62-78H2,1-4H3,(H,91,92)(H,93,94)/b13-9-,25-21-,26-22-,35-32-,36-33-,41-39-,42-40-,50-46-,61-57-. The molecule has 104 heavy (non-hydrogen) atoms. The van der Waals surface area contributed by atoms with Crippen molar-refractivity contribution in [1.82, 2.24) is 0 Å². The maximum Gasteiger partial charge on any atom is 0.472 e. The van der Waals surface area contributed by atoms with Gasteiger partial charge in [-0.2, -0.15) is 0 Å². The van der Waals surface area contributed by atoms with Crippen LogP contribution in [0.5, 0.6) is 0 Å². The second kappa shape index (κ2) is 76.9. The molecule has 5 atom stereocenters. The van der Waals surface area contributed by atoms with E-state index in [1.807, 2.05) is 18.2 Å². The van der Waals surface area contributed by atoms with Crippen molar-refractivity contribution in [2.75, 3.05) is 39.6 Å². The third kappa shape index (κ3) is 75.9. The number of ether oxygens (including phenoxy) is 4. The number of aliphatic hydroxyl groups is 1. The van der Waals surface area contributed by atoms with Crippen LogP contribution in [0.2, 0.25) is 0 Å². The van der Waals surface area contributed by atoms with Crippen LogP contribution in [-0.2, 0) is 65.4 Å². The predicted molar refractivity (Wildman–Crippen MR) is 427 cm³/mol. The van der Waals surface area contributed by atoms with Crippen LogP contribution >= 0.6 is 15.6 Å². The molecule has 0 aromatic carbocycles. The van der Waals surface area contributed by atoms with Gasteiger partial charge < -0.3 is 33.8 Å². The van der Waals surface area contributed by atoms with Gasteiger partial charge in [-0.3, -0.25) is 37.3 Å².